The topological polar surface area (TPSA) is 67.8 Å². The number of amides is 1. The molecule has 2 heterocycles. The molecule has 0 saturated carbocycles. The molecule has 0 aliphatic carbocycles. The number of methoxy groups -OCH3 is 1. The number of hydrogen-bond donors (Lipinski definition) is 3. The molecule has 0 spiro atoms. The normalized spacial score (nSPS) is 15.6. The third-order valence-electron chi connectivity index (χ3n) is 6.13. The van der Waals surface area contributed by atoms with Crippen LogP contribution >= 0.6 is 0 Å². The van der Waals surface area contributed by atoms with Crippen LogP contribution in [0.1, 0.15) is 29.9 Å². The van der Waals surface area contributed by atoms with Crippen LogP contribution in [0.3, 0.4) is 0 Å². The molecule has 1 aliphatic heterocycles. The second-order valence-electron chi connectivity index (χ2n) is 8.14. The summed E-state index contributed by atoms with van der Waals surface area (Å²) < 4.78 is 10.7. The van der Waals surface area contributed by atoms with Gasteiger partial charge in [0, 0.05) is 42.4 Å². The van der Waals surface area contributed by atoms with Gasteiger partial charge in [0.1, 0.15) is 18.8 Å². The standard InChI is InChI=1S/C25H31N3O3/c1-30-20-9-7-19(8-10-20)22(23-18-27-24-6-3-2-5-21(23)24)17-25(29)26-11-4-12-28-13-15-31-16-14-28/h2-3,5-10,18,22,27H,4,11-17H2,1H3,(H,26,29)/p+1/t22-/m0/s1. The Morgan fingerprint density at radius 3 is 2.71 bits per heavy atom. The summed E-state index contributed by atoms with van der Waals surface area (Å²) in [5.74, 6) is 0.881. The molecule has 1 aromatic heterocycles. The Balaban J connectivity index is 1.43. The van der Waals surface area contributed by atoms with Gasteiger partial charge >= 0.3 is 0 Å². The summed E-state index contributed by atoms with van der Waals surface area (Å²) >= 11 is 0. The Hall–Kier alpha value is -2.83. The first-order valence-corrected chi connectivity index (χ1v) is 11.1. The van der Waals surface area contributed by atoms with E-state index in [2.05, 4.69) is 34.6 Å². The maximum Gasteiger partial charge on any atom is 0.220 e. The van der Waals surface area contributed by atoms with Crippen molar-refractivity contribution in [2.75, 3.05) is 46.5 Å². The van der Waals surface area contributed by atoms with Gasteiger partial charge in [0.05, 0.1) is 26.9 Å². The molecular formula is C25H32N3O3+. The molecule has 4 rings (SSSR count). The Labute approximate surface area is 183 Å². The molecule has 3 N–H and O–H groups in total. The van der Waals surface area contributed by atoms with Crippen molar-refractivity contribution >= 4 is 16.8 Å². The first-order valence-electron chi connectivity index (χ1n) is 11.1. The highest BCUT2D eigenvalue weighted by Gasteiger charge is 2.21. The number of rotatable bonds is 9. The van der Waals surface area contributed by atoms with E-state index in [0.29, 0.717) is 13.0 Å². The zero-order chi connectivity index (χ0) is 21.5. The van der Waals surface area contributed by atoms with Crippen LogP contribution in [0.5, 0.6) is 5.75 Å². The first kappa shape index (κ1) is 21.4. The van der Waals surface area contributed by atoms with Crippen molar-refractivity contribution in [1.82, 2.24) is 10.3 Å². The number of aromatic nitrogens is 1. The summed E-state index contributed by atoms with van der Waals surface area (Å²) in [5.41, 5.74) is 3.34. The molecule has 6 heteroatoms. The zero-order valence-electron chi connectivity index (χ0n) is 18.2. The second-order valence-corrected chi connectivity index (χ2v) is 8.14. The molecule has 1 fully saturated rings. The molecule has 0 radical (unpaired) electrons. The number of para-hydroxylation sites is 1. The van der Waals surface area contributed by atoms with E-state index in [1.807, 2.05) is 30.5 Å². The smallest absolute Gasteiger partial charge is 0.220 e. The molecular weight excluding hydrogens is 390 g/mol. The van der Waals surface area contributed by atoms with Gasteiger partial charge in [0.2, 0.25) is 5.91 Å². The van der Waals surface area contributed by atoms with E-state index in [4.69, 9.17) is 9.47 Å². The number of carbonyl (C=O) groups is 1. The minimum Gasteiger partial charge on any atom is -0.497 e. The molecule has 1 atom stereocenters. The van der Waals surface area contributed by atoms with Gasteiger partial charge < -0.3 is 24.7 Å². The second kappa shape index (κ2) is 10.5. The highest BCUT2D eigenvalue weighted by molar-refractivity contribution is 5.86. The maximum atomic E-state index is 12.9. The van der Waals surface area contributed by atoms with E-state index in [1.54, 1.807) is 12.0 Å². The van der Waals surface area contributed by atoms with Gasteiger partial charge in [-0.15, -0.1) is 0 Å². The van der Waals surface area contributed by atoms with Gasteiger partial charge in [-0.2, -0.15) is 0 Å². The van der Waals surface area contributed by atoms with Gasteiger partial charge in [-0.3, -0.25) is 4.79 Å². The Bertz CT molecular complexity index is 977. The summed E-state index contributed by atoms with van der Waals surface area (Å²) in [6, 6.07) is 16.3. The summed E-state index contributed by atoms with van der Waals surface area (Å²) in [6.45, 7) is 5.61. The highest BCUT2D eigenvalue weighted by atomic mass is 16.5. The fourth-order valence-electron chi connectivity index (χ4n) is 4.36. The van der Waals surface area contributed by atoms with Gasteiger partial charge in [-0.1, -0.05) is 30.3 Å². The number of morpholine rings is 1. The molecule has 31 heavy (non-hydrogen) atoms. The van der Waals surface area contributed by atoms with E-state index < -0.39 is 0 Å². The van der Waals surface area contributed by atoms with Crippen molar-refractivity contribution in [2.24, 2.45) is 0 Å². The van der Waals surface area contributed by atoms with Crippen LogP contribution in [0, 0.1) is 0 Å². The fourth-order valence-corrected chi connectivity index (χ4v) is 4.36. The maximum absolute atomic E-state index is 12.9. The lowest BCUT2D eigenvalue weighted by Crippen LogP contribution is -3.14. The van der Waals surface area contributed by atoms with Crippen molar-refractivity contribution < 1.29 is 19.2 Å². The Morgan fingerprint density at radius 1 is 1.16 bits per heavy atom. The van der Waals surface area contributed by atoms with Crippen LogP contribution in [0.25, 0.3) is 10.9 Å². The first-order chi connectivity index (χ1) is 15.2. The SMILES string of the molecule is COc1ccc([C@H](CC(=O)NCCC[NH+]2CCOCC2)c2c[nH]c3ccccc23)cc1. The fraction of sp³-hybridized carbons (Fsp3) is 0.400. The predicted molar refractivity (Wildman–Crippen MR) is 122 cm³/mol. The van der Waals surface area contributed by atoms with Gasteiger partial charge in [0.25, 0.3) is 0 Å². The zero-order valence-corrected chi connectivity index (χ0v) is 18.2. The van der Waals surface area contributed by atoms with Crippen LogP contribution in [0.4, 0.5) is 0 Å². The molecule has 1 aliphatic rings. The molecule has 0 bridgehead atoms. The van der Waals surface area contributed by atoms with E-state index >= 15 is 0 Å². The van der Waals surface area contributed by atoms with Crippen LogP contribution < -0.4 is 15.0 Å². The van der Waals surface area contributed by atoms with Crippen LogP contribution in [0.2, 0.25) is 0 Å². The van der Waals surface area contributed by atoms with Crippen molar-refractivity contribution in [2.45, 2.75) is 18.8 Å². The predicted octanol–water partition coefficient (Wildman–Crippen LogP) is 2.12. The van der Waals surface area contributed by atoms with Crippen molar-refractivity contribution in [3.63, 3.8) is 0 Å². The highest BCUT2D eigenvalue weighted by Crippen LogP contribution is 2.34. The number of fused-ring (bicyclic) bond motifs is 1. The van der Waals surface area contributed by atoms with Gasteiger partial charge in [-0.25, -0.2) is 0 Å². The summed E-state index contributed by atoms with van der Waals surface area (Å²) in [6.07, 6.45) is 3.44. The molecule has 6 nitrogen and oxygen atoms in total. The van der Waals surface area contributed by atoms with Gasteiger partial charge in [0.15, 0.2) is 0 Å². The van der Waals surface area contributed by atoms with Crippen LogP contribution in [-0.2, 0) is 9.53 Å². The Morgan fingerprint density at radius 2 is 1.94 bits per heavy atom. The molecule has 2 aromatic carbocycles. The van der Waals surface area contributed by atoms with E-state index in [1.165, 1.54) is 0 Å². The number of H-pyrrole nitrogens is 1. The summed E-state index contributed by atoms with van der Waals surface area (Å²) in [5, 5.41) is 4.30. The van der Waals surface area contributed by atoms with E-state index in [0.717, 1.165) is 67.0 Å². The lowest BCUT2D eigenvalue weighted by atomic mass is 9.88. The molecule has 1 amide bonds. The van der Waals surface area contributed by atoms with Crippen LogP contribution in [0.15, 0.2) is 54.7 Å². The summed E-state index contributed by atoms with van der Waals surface area (Å²) in [7, 11) is 1.66. The van der Waals surface area contributed by atoms with Crippen molar-refractivity contribution in [1.29, 1.82) is 0 Å². The van der Waals surface area contributed by atoms with E-state index in [-0.39, 0.29) is 11.8 Å². The van der Waals surface area contributed by atoms with Gasteiger partial charge in [-0.05, 0) is 29.3 Å². The minimum atomic E-state index is -0.0214. The Kier molecular flexibility index (Phi) is 7.22. The minimum absolute atomic E-state index is 0.0214. The monoisotopic (exact) mass is 422 g/mol. The molecule has 3 aromatic rings. The number of benzene rings is 2. The lowest BCUT2D eigenvalue weighted by molar-refractivity contribution is -0.908. The molecule has 164 valence electrons. The van der Waals surface area contributed by atoms with Crippen LogP contribution in [-0.4, -0.2) is 57.4 Å². The number of carbonyl (C=O) groups excluding carboxylic acids is 1. The van der Waals surface area contributed by atoms with Crippen molar-refractivity contribution in [3.05, 3.63) is 65.9 Å². The average molecular weight is 423 g/mol. The molecule has 0 unspecified atom stereocenters. The largest absolute Gasteiger partial charge is 0.497 e. The quantitative estimate of drug-likeness (QED) is 0.463. The third-order valence-corrected chi connectivity index (χ3v) is 6.13. The number of aromatic amines is 1. The summed E-state index contributed by atoms with van der Waals surface area (Å²) in [4.78, 5) is 17.8. The molecule has 1 saturated heterocycles. The average Bonchev–Trinajstić information content (AvgIpc) is 3.25. The number of hydrogen-bond acceptors (Lipinski definition) is 3. The van der Waals surface area contributed by atoms with Crippen molar-refractivity contribution in [3.8, 4) is 5.75 Å². The third kappa shape index (κ3) is 5.46. The number of ether oxygens (including phenoxy) is 2. The lowest BCUT2D eigenvalue weighted by Gasteiger charge is -2.23. The van der Waals surface area contributed by atoms with E-state index in [9.17, 15) is 4.79 Å². The number of nitrogens with one attached hydrogen (secondary N) is 3. The number of quaternary nitrogens is 1.